The Bertz CT molecular complexity index is 1480. The van der Waals surface area contributed by atoms with Crippen LogP contribution in [0.15, 0.2) is 42.7 Å². The number of aromatic nitrogens is 4. The Morgan fingerprint density at radius 3 is 2.66 bits per heavy atom. The summed E-state index contributed by atoms with van der Waals surface area (Å²) in [5.41, 5.74) is 2.43. The number of ether oxygens (including phenoxy) is 1. The fourth-order valence-electron chi connectivity index (χ4n) is 4.98. The first-order valence-corrected chi connectivity index (χ1v) is 11.0. The van der Waals surface area contributed by atoms with Crippen molar-refractivity contribution in [2.75, 3.05) is 0 Å². The normalized spacial score (nSPS) is 18.5. The summed E-state index contributed by atoms with van der Waals surface area (Å²) in [6, 6.07) is 6.55. The number of hydrogen-bond donors (Lipinski definition) is 1. The molecule has 2 aliphatic heterocycles. The van der Waals surface area contributed by atoms with Crippen molar-refractivity contribution in [2.24, 2.45) is 0 Å². The van der Waals surface area contributed by atoms with E-state index in [1.165, 1.54) is 18.2 Å². The molecule has 2 aromatic carbocycles. The van der Waals surface area contributed by atoms with E-state index < -0.39 is 30.4 Å². The summed E-state index contributed by atoms with van der Waals surface area (Å²) in [4.78, 5) is 26.1. The van der Waals surface area contributed by atoms with E-state index in [0.29, 0.717) is 45.8 Å². The van der Waals surface area contributed by atoms with Crippen molar-refractivity contribution in [1.29, 1.82) is 0 Å². The van der Waals surface area contributed by atoms with E-state index in [0.717, 1.165) is 5.92 Å². The van der Waals surface area contributed by atoms with Crippen molar-refractivity contribution < 1.29 is 22.7 Å². The fraction of sp³-hybridized carbons (Fsp3) is 0.240. The summed E-state index contributed by atoms with van der Waals surface area (Å²) in [6.45, 7) is 0.734. The Balaban J connectivity index is 1.54. The third-order valence-corrected chi connectivity index (χ3v) is 6.46. The van der Waals surface area contributed by atoms with Gasteiger partial charge in [-0.05, 0) is 24.6 Å². The van der Waals surface area contributed by atoms with Gasteiger partial charge in [0.05, 0.1) is 23.1 Å². The Labute approximate surface area is 198 Å². The SMILES string of the molecule is C[C](C)c1ncc(-c2cc3c(cc2F)nc2n3[C@@H]3C[C@H]2NC(=O)c2cccc(OC(F)F)c23)cn1. The molecule has 2 aromatic heterocycles. The summed E-state index contributed by atoms with van der Waals surface area (Å²) in [7, 11) is 0. The van der Waals surface area contributed by atoms with Crippen LogP contribution in [0.1, 0.15) is 59.9 Å². The number of halogens is 3. The lowest BCUT2D eigenvalue weighted by Crippen LogP contribution is -2.28. The van der Waals surface area contributed by atoms with Crippen molar-refractivity contribution in [1.82, 2.24) is 24.8 Å². The highest BCUT2D eigenvalue weighted by atomic mass is 19.3. The summed E-state index contributed by atoms with van der Waals surface area (Å²) >= 11 is 0. The van der Waals surface area contributed by atoms with Gasteiger partial charge in [0.1, 0.15) is 23.2 Å². The number of nitrogens with one attached hydrogen (secondary N) is 1. The van der Waals surface area contributed by atoms with E-state index in [2.05, 4.69) is 20.3 Å². The number of rotatable bonds is 4. The zero-order chi connectivity index (χ0) is 24.4. The topological polar surface area (TPSA) is 81.9 Å². The highest BCUT2D eigenvalue weighted by Crippen LogP contribution is 2.47. The van der Waals surface area contributed by atoms with E-state index in [-0.39, 0.29) is 11.3 Å². The number of alkyl halides is 2. The first kappa shape index (κ1) is 21.6. The van der Waals surface area contributed by atoms with Crippen LogP contribution in [0.2, 0.25) is 0 Å². The van der Waals surface area contributed by atoms with Crippen LogP contribution in [0.25, 0.3) is 22.2 Å². The molecule has 0 aliphatic carbocycles. The highest BCUT2D eigenvalue weighted by Gasteiger charge is 2.42. The van der Waals surface area contributed by atoms with Crippen LogP contribution < -0.4 is 10.1 Å². The van der Waals surface area contributed by atoms with Crippen molar-refractivity contribution in [2.45, 2.75) is 39.0 Å². The van der Waals surface area contributed by atoms with E-state index in [9.17, 15) is 13.6 Å². The largest absolute Gasteiger partial charge is 0.434 e. The second-order valence-corrected chi connectivity index (χ2v) is 8.83. The number of imidazole rings is 1. The molecule has 4 aromatic rings. The molecule has 0 saturated heterocycles. The van der Waals surface area contributed by atoms with Gasteiger partial charge in [0.15, 0.2) is 0 Å². The Hall–Kier alpha value is -3.95. The van der Waals surface area contributed by atoms with E-state index >= 15 is 4.39 Å². The molecule has 177 valence electrons. The molecule has 2 bridgehead atoms. The molecule has 35 heavy (non-hydrogen) atoms. The second-order valence-electron chi connectivity index (χ2n) is 8.83. The average Bonchev–Trinajstić information content (AvgIpc) is 3.29. The highest BCUT2D eigenvalue weighted by molar-refractivity contribution is 5.98. The van der Waals surface area contributed by atoms with Gasteiger partial charge in [0.25, 0.3) is 5.91 Å². The quantitative estimate of drug-likeness (QED) is 0.448. The Kier molecular flexibility index (Phi) is 4.80. The standard InChI is InChI=1S/C25H19F3N5O2/c1-11(2)22-29-9-12(10-30-22)14-6-18-16(7-15(14)26)31-23-17-8-19(33(18)23)21-13(24(34)32-17)4-3-5-20(21)35-25(27)28/h3-7,9-10,17,19,25H,8H2,1-2H3,(H,32,34)/t17-,19-/m1/s1. The van der Waals surface area contributed by atoms with Crippen LogP contribution in [0.3, 0.4) is 0 Å². The molecule has 0 unspecified atom stereocenters. The lowest BCUT2D eigenvalue weighted by atomic mass is 9.97. The number of benzene rings is 2. The molecule has 1 radical (unpaired) electrons. The third-order valence-electron chi connectivity index (χ3n) is 6.46. The lowest BCUT2D eigenvalue weighted by Gasteiger charge is -2.21. The molecule has 0 saturated carbocycles. The van der Waals surface area contributed by atoms with Gasteiger partial charge in [-0.3, -0.25) is 4.79 Å². The minimum absolute atomic E-state index is 0.0643. The molecule has 7 nitrogen and oxygen atoms in total. The lowest BCUT2D eigenvalue weighted by molar-refractivity contribution is -0.0507. The smallest absolute Gasteiger partial charge is 0.387 e. The zero-order valence-corrected chi connectivity index (χ0v) is 18.7. The van der Waals surface area contributed by atoms with Crippen molar-refractivity contribution >= 4 is 16.9 Å². The van der Waals surface area contributed by atoms with Crippen LogP contribution in [-0.2, 0) is 0 Å². The molecular weight excluding hydrogens is 459 g/mol. The Morgan fingerprint density at radius 2 is 1.94 bits per heavy atom. The second kappa shape index (κ2) is 7.79. The summed E-state index contributed by atoms with van der Waals surface area (Å²) in [5.74, 6) is 1.10. The molecule has 0 fully saturated rings. The maximum absolute atomic E-state index is 15.1. The van der Waals surface area contributed by atoms with Crippen LogP contribution in [0.4, 0.5) is 13.2 Å². The van der Waals surface area contributed by atoms with E-state index in [4.69, 9.17) is 4.74 Å². The van der Waals surface area contributed by atoms with Crippen LogP contribution in [0, 0.1) is 11.7 Å². The summed E-state index contributed by atoms with van der Waals surface area (Å²) < 4.78 is 48.2. The summed E-state index contributed by atoms with van der Waals surface area (Å²) in [6.07, 6.45) is 3.54. The molecule has 6 rings (SSSR count). The molecule has 10 heteroatoms. The van der Waals surface area contributed by atoms with Crippen LogP contribution in [-0.4, -0.2) is 32.0 Å². The Morgan fingerprint density at radius 1 is 1.17 bits per heavy atom. The van der Waals surface area contributed by atoms with Gasteiger partial charge >= 0.3 is 6.61 Å². The minimum atomic E-state index is -3.04. The van der Waals surface area contributed by atoms with Crippen LogP contribution in [0.5, 0.6) is 5.75 Å². The molecular formula is C25H19F3N5O2. The number of hydrogen-bond acceptors (Lipinski definition) is 5. The number of carbonyl (C=O) groups is 1. The van der Waals surface area contributed by atoms with Gasteiger partial charge in [-0.25, -0.2) is 19.3 Å². The van der Waals surface area contributed by atoms with Gasteiger partial charge in [-0.2, -0.15) is 8.78 Å². The fourth-order valence-corrected chi connectivity index (χ4v) is 4.98. The van der Waals surface area contributed by atoms with Crippen molar-refractivity contribution in [3.8, 4) is 16.9 Å². The predicted octanol–water partition coefficient (Wildman–Crippen LogP) is 4.97. The molecule has 4 heterocycles. The number of nitrogens with zero attached hydrogens (tertiary/aromatic N) is 4. The maximum atomic E-state index is 15.1. The van der Waals surface area contributed by atoms with E-state index in [1.807, 2.05) is 18.4 Å². The van der Waals surface area contributed by atoms with Crippen LogP contribution >= 0.6 is 0 Å². The van der Waals surface area contributed by atoms with E-state index in [1.54, 1.807) is 24.5 Å². The summed E-state index contributed by atoms with van der Waals surface area (Å²) in [5, 5.41) is 2.92. The molecule has 1 amide bonds. The monoisotopic (exact) mass is 478 g/mol. The van der Waals surface area contributed by atoms with Crippen molar-refractivity contribution in [3.05, 3.63) is 77.2 Å². The zero-order valence-electron chi connectivity index (χ0n) is 18.7. The molecule has 2 atom stereocenters. The third kappa shape index (κ3) is 3.35. The van der Waals surface area contributed by atoms with Crippen molar-refractivity contribution in [3.63, 3.8) is 0 Å². The number of amides is 1. The average molecular weight is 478 g/mol. The molecule has 1 N–H and O–H groups in total. The first-order valence-electron chi connectivity index (χ1n) is 11.0. The predicted molar refractivity (Wildman–Crippen MR) is 120 cm³/mol. The van der Waals surface area contributed by atoms with Gasteiger partial charge < -0.3 is 14.6 Å². The van der Waals surface area contributed by atoms with Gasteiger partial charge in [0.2, 0.25) is 0 Å². The van der Waals surface area contributed by atoms with Gasteiger partial charge in [-0.1, -0.05) is 19.9 Å². The molecule has 2 aliphatic rings. The van der Waals surface area contributed by atoms with Gasteiger partial charge in [0, 0.05) is 46.6 Å². The first-order chi connectivity index (χ1) is 16.8. The maximum Gasteiger partial charge on any atom is 0.387 e. The number of carbonyl (C=O) groups excluding carboxylic acids is 1. The number of fused-ring (bicyclic) bond motifs is 9. The van der Waals surface area contributed by atoms with Gasteiger partial charge in [-0.15, -0.1) is 0 Å². The minimum Gasteiger partial charge on any atom is -0.434 e. The molecule has 0 spiro atoms.